The molecule has 1 heterocycles. The van der Waals surface area contributed by atoms with Gasteiger partial charge in [0.15, 0.2) is 0 Å². The van der Waals surface area contributed by atoms with Crippen LogP contribution in [0.1, 0.15) is 42.5 Å². The number of carbonyl (C=O) groups excluding carboxylic acids is 2. The molecule has 0 bridgehead atoms. The predicted octanol–water partition coefficient (Wildman–Crippen LogP) is 2.63. The molecule has 3 rings (SSSR count). The van der Waals surface area contributed by atoms with Crippen LogP contribution in [0.3, 0.4) is 0 Å². The number of amides is 2. The van der Waals surface area contributed by atoms with Gasteiger partial charge in [-0.1, -0.05) is 24.6 Å². The van der Waals surface area contributed by atoms with Crippen LogP contribution < -0.4 is 5.32 Å². The van der Waals surface area contributed by atoms with E-state index in [1.165, 1.54) is 12.8 Å². The Morgan fingerprint density at radius 2 is 1.68 bits per heavy atom. The minimum Gasteiger partial charge on any atom is -0.300 e. The Hall–Kier alpha value is -1.39. The van der Waals surface area contributed by atoms with Gasteiger partial charge in [0.1, 0.15) is 0 Å². The topological polar surface area (TPSA) is 49.4 Å². The van der Waals surface area contributed by atoms with Crippen molar-refractivity contribution in [3.8, 4) is 0 Å². The molecule has 2 atom stereocenters. The van der Waals surface area contributed by atoms with E-state index < -0.39 is 0 Å². The number of hydrogen-bond donors (Lipinski definition) is 1. The van der Waals surface area contributed by atoms with Gasteiger partial charge in [-0.3, -0.25) is 19.8 Å². The average molecular weight is 323 g/mol. The van der Waals surface area contributed by atoms with Crippen LogP contribution in [0.5, 0.6) is 0 Å². The van der Waals surface area contributed by atoms with E-state index in [4.69, 9.17) is 0 Å². The lowest BCUT2D eigenvalue weighted by Crippen LogP contribution is -2.44. The molecule has 1 aromatic carbocycles. The summed E-state index contributed by atoms with van der Waals surface area (Å²) in [6.45, 7) is 2.20. The molecule has 120 valence electrons. The van der Waals surface area contributed by atoms with Crippen molar-refractivity contribution in [2.75, 3.05) is 13.1 Å². The molecular weight excluding hydrogens is 300 g/mol. The summed E-state index contributed by atoms with van der Waals surface area (Å²) in [4.78, 5) is 27.0. The summed E-state index contributed by atoms with van der Waals surface area (Å²) in [6.07, 6.45) is 5.52. The number of halogens is 1. The van der Waals surface area contributed by atoms with Crippen LogP contribution in [0.25, 0.3) is 0 Å². The van der Waals surface area contributed by atoms with Gasteiger partial charge in [0, 0.05) is 11.6 Å². The van der Waals surface area contributed by atoms with Crippen LogP contribution in [0.15, 0.2) is 30.3 Å². The Morgan fingerprint density at radius 3 is 2.36 bits per heavy atom. The lowest BCUT2D eigenvalue weighted by atomic mass is 10.0. The first-order valence-electron chi connectivity index (χ1n) is 7.90. The zero-order valence-electron chi connectivity index (χ0n) is 12.7. The third-order valence-corrected chi connectivity index (χ3v) is 4.70. The van der Waals surface area contributed by atoms with Gasteiger partial charge in [-0.05, 0) is 50.9 Å². The molecular formula is C17H23ClN2O2. The molecule has 2 fully saturated rings. The number of hydrogen-bond acceptors (Lipinski definition) is 3. The van der Waals surface area contributed by atoms with Crippen molar-refractivity contribution >= 4 is 24.2 Å². The maximum absolute atomic E-state index is 12.4. The zero-order valence-corrected chi connectivity index (χ0v) is 13.5. The molecule has 1 saturated heterocycles. The maximum Gasteiger partial charge on any atom is 0.257 e. The largest absolute Gasteiger partial charge is 0.300 e. The van der Waals surface area contributed by atoms with Crippen molar-refractivity contribution in [2.45, 2.75) is 38.1 Å². The second-order valence-electron chi connectivity index (χ2n) is 6.03. The minimum absolute atomic E-state index is 0. The third kappa shape index (κ3) is 3.68. The number of imide groups is 1. The lowest BCUT2D eigenvalue weighted by Gasteiger charge is -2.28. The van der Waals surface area contributed by atoms with Crippen molar-refractivity contribution in [2.24, 2.45) is 5.92 Å². The van der Waals surface area contributed by atoms with Crippen LogP contribution in [0.4, 0.5) is 0 Å². The van der Waals surface area contributed by atoms with Gasteiger partial charge in [-0.15, -0.1) is 12.4 Å². The van der Waals surface area contributed by atoms with Gasteiger partial charge >= 0.3 is 0 Å². The molecule has 1 N–H and O–H groups in total. The highest BCUT2D eigenvalue weighted by atomic mass is 35.5. The van der Waals surface area contributed by atoms with Gasteiger partial charge < -0.3 is 0 Å². The Balaban J connectivity index is 0.00000176. The van der Waals surface area contributed by atoms with Crippen molar-refractivity contribution < 1.29 is 9.59 Å². The fraction of sp³-hybridized carbons (Fsp3) is 0.529. The Bertz CT molecular complexity index is 515. The molecule has 1 aliphatic carbocycles. The van der Waals surface area contributed by atoms with E-state index in [1.807, 2.05) is 18.2 Å². The van der Waals surface area contributed by atoms with E-state index in [1.54, 1.807) is 12.1 Å². The SMILES string of the molecule is Cl.O=C(NC(=O)C1CCCC1N1CCCC1)c1ccccc1. The summed E-state index contributed by atoms with van der Waals surface area (Å²) in [7, 11) is 0. The van der Waals surface area contributed by atoms with Crippen LogP contribution in [-0.4, -0.2) is 35.8 Å². The molecule has 0 radical (unpaired) electrons. The fourth-order valence-electron chi connectivity index (χ4n) is 3.62. The molecule has 1 aliphatic heterocycles. The number of nitrogens with zero attached hydrogens (tertiary/aromatic N) is 1. The summed E-state index contributed by atoms with van der Waals surface area (Å²) < 4.78 is 0. The monoisotopic (exact) mass is 322 g/mol. The smallest absolute Gasteiger partial charge is 0.257 e. The van der Waals surface area contributed by atoms with Crippen LogP contribution in [-0.2, 0) is 4.79 Å². The first-order chi connectivity index (χ1) is 10.3. The number of carbonyl (C=O) groups is 2. The maximum atomic E-state index is 12.4. The molecule has 0 aromatic heterocycles. The van der Waals surface area contributed by atoms with E-state index in [2.05, 4.69) is 10.2 Å². The first-order valence-corrected chi connectivity index (χ1v) is 7.90. The first kappa shape index (κ1) is 17.0. The molecule has 22 heavy (non-hydrogen) atoms. The van der Waals surface area contributed by atoms with E-state index in [0.29, 0.717) is 11.6 Å². The van der Waals surface area contributed by atoms with Gasteiger partial charge in [0.2, 0.25) is 5.91 Å². The highest BCUT2D eigenvalue weighted by Crippen LogP contribution is 2.32. The minimum atomic E-state index is -0.285. The van der Waals surface area contributed by atoms with E-state index in [0.717, 1.165) is 32.4 Å². The summed E-state index contributed by atoms with van der Waals surface area (Å²) in [5, 5.41) is 2.59. The molecule has 1 saturated carbocycles. The van der Waals surface area contributed by atoms with Crippen LogP contribution >= 0.6 is 12.4 Å². The van der Waals surface area contributed by atoms with Crippen LogP contribution in [0, 0.1) is 5.92 Å². The standard InChI is InChI=1S/C17H22N2O2.ClH/c20-16(13-7-2-1-3-8-13)18-17(21)14-9-6-10-15(14)19-11-4-5-12-19;/h1-3,7-8,14-15H,4-6,9-12H2,(H,18,20,21);1H. The fourth-order valence-corrected chi connectivity index (χ4v) is 3.62. The van der Waals surface area contributed by atoms with Crippen molar-refractivity contribution in [1.29, 1.82) is 0 Å². The molecule has 4 nitrogen and oxygen atoms in total. The van der Waals surface area contributed by atoms with E-state index >= 15 is 0 Å². The zero-order chi connectivity index (χ0) is 14.7. The van der Waals surface area contributed by atoms with Gasteiger partial charge in [-0.25, -0.2) is 0 Å². The van der Waals surface area contributed by atoms with Gasteiger partial charge in [-0.2, -0.15) is 0 Å². The molecule has 1 aromatic rings. The highest BCUT2D eigenvalue weighted by Gasteiger charge is 2.38. The van der Waals surface area contributed by atoms with Crippen molar-refractivity contribution in [3.05, 3.63) is 35.9 Å². The Labute approximate surface area is 137 Å². The molecule has 0 spiro atoms. The predicted molar refractivity (Wildman–Crippen MR) is 88.1 cm³/mol. The second kappa shape index (κ2) is 7.75. The average Bonchev–Trinajstić information content (AvgIpc) is 3.18. The summed E-state index contributed by atoms with van der Waals surface area (Å²) in [6, 6.07) is 9.27. The van der Waals surface area contributed by atoms with Crippen molar-refractivity contribution in [3.63, 3.8) is 0 Å². The van der Waals surface area contributed by atoms with Crippen molar-refractivity contribution in [1.82, 2.24) is 10.2 Å². The number of benzene rings is 1. The number of nitrogens with one attached hydrogen (secondary N) is 1. The summed E-state index contributed by atoms with van der Waals surface area (Å²) >= 11 is 0. The number of likely N-dealkylation sites (tertiary alicyclic amines) is 1. The highest BCUT2D eigenvalue weighted by molar-refractivity contribution is 6.05. The van der Waals surface area contributed by atoms with E-state index in [9.17, 15) is 9.59 Å². The van der Waals surface area contributed by atoms with Crippen LogP contribution in [0.2, 0.25) is 0 Å². The number of rotatable bonds is 3. The Kier molecular flexibility index (Phi) is 5.98. The molecule has 2 unspecified atom stereocenters. The van der Waals surface area contributed by atoms with Gasteiger partial charge in [0.05, 0.1) is 5.92 Å². The second-order valence-corrected chi connectivity index (χ2v) is 6.03. The summed E-state index contributed by atoms with van der Waals surface area (Å²) in [5.41, 5.74) is 0.543. The lowest BCUT2D eigenvalue weighted by molar-refractivity contribution is -0.125. The van der Waals surface area contributed by atoms with E-state index in [-0.39, 0.29) is 30.1 Å². The van der Waals surface area contributed by atoms with Gasteiger partial charge in [0.25, 0.3) is 5.91 Å². The molecule has 2 amide bonds. The summed E-state index contributed by atoms with van der Waals surface area (Å²) in [5.74, 6) is -0.415. The third-order valence-electron chi connectivity index (χ3n) is 4.70. The quantitative estimate of drug-likeness (QED) is 0.870. The Morgan fingerprint density at radius 1 is 1.00 bits per heavy atom. The normalized spacial score (nSPS) is 24.7. The molecule has 2 aliphatic rings. The molecule has 5 heteroatoms.